The molecule has 112 valence electrons. The van der Waals surface area contributed by atoms with Gasteiger partial charge in [-0.2, -0.15) is 10.2 Å². The van der Waals surface area contributed by atoms with Crippen LogP contribution in [0.1, 0.15) is 11.3 Å². The van der Waals surface area contributed by atoms with Crippen molar-refractivity contribution in [2.45, 2.75) is 6.92 Å². The molecule has 0 bridgehead atoms. The van der Waals surface area contributed by atoms with Crippen LogP contribution in [0, 0.1) is 18.3 Å². The van der Waals surface area contributed by atoms with Crippen LogP contribution in [0.3, 0.4) is 0 Å². The Morgan fingerprint density at radius 1 is 1.09 bits per heavy atom. The van der Waals surface area contributed by atoms with E-state index in [1.54, 1.807) is 12.3 Å². The Balaban J connectivity index is 1.71. The highest BCUT2D eigenvalue weighted by atomic mass is 15.3. The number of nitrogens with two attached hydrogens (primary N) is 1. The monoisotopic (exact) mass is 295 g/mol. The van der Waals surface area contributed by atoms with Crippen LogP contribution in [0.5, 0.6) is 0 Å². The van der Waals surface area contributed by atoms with Crippen molar-refractivity contribution >= 4 is 17.6 Å². The summed E-state index contributed by atoms with van der Waals surface area (Å²) in [5.74, 6) is 2.02. The summed E-state index contributed by atoms with van der Waals surface area (Å²) in [5.41, 5.74) is 7.22. The van der Waals surface area contributed by atoms with Crippen molar-refractivity contribution in [1.82, 2.24) is 15.0 Å². The SMILES string of the molecule is Cc1cc(N2CCN(c3cc(C#N)ccn3)CC2)nc(N)n1. The molecule has 3 rings (SSSR count). The molecule has 3 heterocycles. The molecule has 1 aliphatic heterocycles. The fourth-order valence-corrected chi connectivity index (χ4v) is 2.56. The van der Waals surface area contributed by atoms with Gasteiger partial charge in [-0.15, -0.1) is 0 Å². The van der Waals surface area contributed by atoms with Crippen molar-refractivity contribution in [3.8, 4) is 6.07 Å². The van der Waals surface area contributed by atoms with Crippen LogP contribution < -0.4 is 15.5 Å². The van der Waals surface area contributed by atoms with Gasteiger partial charge < -0.3 is 15.5 Å². The maximum absolute atomic E-state index is 8.97. The lowest BCUT2D eigenvalue weighted by atomic mass is 10.2. The summed E-state index contributed by atoms with van der Waals surface area (Å²) in [6.07, 6.45) is 1.68. The second-order valence-corrected chi connectivity index (χ2v) is 5.21. The highest BCUT2D eigenvalue weighted by Crippen LogP contribution is 2.19. The molecule has 7 heteroatoms. The van der Waals surface area contributed by atoms with E-state index in [1.165, 1.54) is 0 Å². The molecular weight excluding hydrogens is 278 g/mol. The smallest absolute Gasteiger partial charge is 0.222 e. The molecule has 2 aromatic rings. The molecule has 7 nitrogen and oxygen atoms in total. The predicted molar refractivity (Wildman–Crippen MR) is 84.6 cm³/mol. The zero-order valence-corrected chi connectivity index (χ0v) is 12.4. The molecule has 2 aromatic heterocycles. The van der Waals surface area contributed by atoms with Gasteiger partial charge in [0.05, 0.1) is 11.6 Å². The van der Waals surface area contributed by atoms with Crippen molar-refractivity contribution in [2.24, 2.45) is 0 Å². The summed E-state index contributed by atoms with van der Waals surface area (Å²) in [6.45, 7) is 5.22. The number of anilines is 3. The standard InChI is InChI=1S/C15H17N7/c1-11-8-14(20-15(17)19-11)22-6-4-21(5-7-22)13-9-12(10-16)2-3-18-13/h2-3,8-9H,4-7H2,1H3,(H2,17,19,20). The average Bonchev–Trinajstić information content (AvgIpc) is 2.54. The summed E-state index contributed by atoms with van der Waals surface area (Å²) in [5, 5.41) is 8.97. The summed E-state index contributed by atoms with van der Waals surface area (Å²) in [6, 6.07) is 7.63. The number of hydrogen-bond acceptors (Lipinski definition) is 7. The number of nitrogen functional groups attached to an aromatic ring is 1. The van der Waals surface area contributed by atoms with E-state index in [2.05, 4.69) is 30.8 Å². The van der Waals surface area contributed by atoms with E-state index in [0.717, 1.165) is 43.5 Å². The average molecular weight is 295 g/mol. The van der Waals surface area contributed by atoms with Crippen LogP contribution in [0.25, 0.3) is 0 Å². The zero-order chi connectivity index (χ0) is 15.5. The zero-order valence-electron chi connectivity index (χ0n) is 12.4. The minimum absolute atomic E-state index is 0.306. The Morgan fingerprint density at radius 3 is 2.41 bits per heavy atom. The van der Waals surface area contributed by atoms with Crippen molar-refractivity contribution in [2.75, 3.05) is 41.7 Å². The molecule has 1 aliphatic rings. The third-order valence-electron chi connectivity index (χ3n) is 3.66. The van der Waals surface area contributed by atoms with Gasteiger partial charge in [-0.05, 0) is 19.1 Å². The summed E-state index contributed by atoms with van der Waals surface area (Å²) in [7, 11) is 0. The number of aromatic nitrogens is 3. The fraction of sp³-hybridized carbons (Fsp3) is 0.333. The number of pyridine rings is 1. The van der Waals surface area contributed by atoms with E-state index >= 15 is 0 Å². The van der Waals surface area contributed by atoms with Gasteiger partial charge in [0.2, 0.25) is 5.95 Å². The first-order valence-corrected chi connectivity index (χ1v) is 7.13. The van der Waals surface area contributed by atoms with E-state index in [0.29, 0.717) is 11.5 Å². The van der Waals surface area contributed by atoms with Crippen LogP contribution in [0.2, 0.25) is 0 Å². The number of hydrogen-bond donors (Lipinski definition) is 1. The number of nitrogens with zero attached hydrogens (tertiary/aromatic N) is 6. The van der Waals surface area contributed by atoms with Gasteiger partial charge in [-0.3, -0.25) is 0 Å². The molecule has 0 aliphatic carbocycles. The number of aryl methyl sites for hydroxylation is 1. The molecule has 1 fully saturated rings. The van der Waals surface area contributed by atoms with Crippen LogP contribution >= 0.6 is 0 Å². The van der Waals surface area contributed by atoms with Gasteiger partial charge >= 0.3 is 0 Å². The maximum Gasteiger partial charge on any atom is 0.222 e. The van der Waals surface area contributed by atoms with Crippen molar-refractivity contribution in [3.63, 3.8) is 0 Å². The van der Waals surface area contributed by atoms with Crippen LogP contribution in [-0.4, -0.2) is 41.1 Å². The molecule has 0 amide bonds. The van der Waals surface area contributed by atoms with Gasteiger partial charge in [-0.1, -0.05) is 0 Å². The molecule has 22 heavy (non-hydrogen) atoms. The molecule has 2 N–H and O–H groups in total. The van der Waals surface area contributed by atoms with Crippen LogP contribution in [-0.2, 0) is 0 Å². The highest BCUT2D eigenvalue weighted by molar-refractivity contribution is 5.49. The number of piperazine rings is 1. The van der Waals surface area contributed by atoms with E-state index in [-0.39, 0.29) is 0 Å². The quantitative estimate of drug-likeness (QED) is 0.881. The van der Waals surface area contributed by atoms with Gasteiger partial charge in [0, 0.05) is 44.1 Å². The number of rotatable bonds is 2. The summed E-state index contributed by atoms with van der Waals surface area (Å²) < 4.78 is 0. The maximum atomic E-state index is 8.97. The topological polar surface area (TPSA) is 95.0 Å². The fourth-order valence-electron chi connectivity index (χ4n) is 2.56. The minimum atomic E-state index is 0.306. The summed E-state index contributed by atoms with van der Waals surface area (Å²) >= 11 is 0. The molecule has 1 saturated heterocycles. The number of nitriles is 1. The van der Waals surface area contributed by atoms with E-state index in [4.69, 9.17) is 11.0 Å². The summed E-state index contributed by atoms with van der Waals surface area (Å²) in [4.78, 5) is 17.1. The molecule has 0 aromatic carbocycles. The van der Waals surface area contributed by atoms with Gasteiger partial charge in [-0.25, -0.2) is 9.97 Å². The van der Waals surface area contributed by atoms with Crippen LogP contribution in [0.15, 0.2) is 24.4 Å². The predicted octanol–water partition coefficient (Wildman–Crippen LogP) is 0.960. The van der Waals surface area contributed by atoms with Crippen molar-refractivity contribution < 1.29 is 0 Å². The van der Waals surface area contributed by atoms with Crippen molar-refractivity contribution in [3.05, 3.63) is 35.7 Å². The van der Waals surface area contributed by atoms with Gasteiger partial charge in [0.25, 0.3) is 0 Å². The Bertz CT molecular complexity index is 694. The van der Waals surface area contributed by atoms with Crippen molar-refractivity contribution in [1.29, 1.82) is 5.26 Å². The molecule has 0 unspecified atom stereocenters. The Kier molecular flexibility index (Phi) is 3.74. The largest absolute Gasteiger partial charge is 0.368 e. The first-order chi connectivity index (χ1) is 10.7. The normalized spacial score (nSPS) is 14.7. The van der Waals surface area contributed by atoms with Gasteiger partial charge in [0.15, 0.2) is 0 Å². The lowest BCUT2D eigenvalue weighted by Gasteiger charge is -2.36. The molecule has 0 radical (unpaired) electrons. The molecular formula is C15H17N7. The minimum Gasteiger partial charge on any atom is -0.368 e. The van der Waals surface area contributed by atoms with E-state index < -0.39 is 0 Å². The second kappa shape index (κ2) is 5.85. The third kappa shape index (κ3) is 2.91. The molecule has 0 atom stereocenters. The molecule has 0 saturated carbocycles. The van der Waals surface area contributed by atoms with E-state index in [9.17, 15) is 0 Å². The second-order valence-electron chi connectivity index (χ2n) is 5.21. The molecule has 0 spiro atoms. The highest BCUT2D eigenvalue weighted by Gasteiger charge is 2.19. The Morgan fingerprint density at radius 2 is 1.77 bits per heavy atom. The van der Waals surface area contributed by atoms with E-state index in [1.807, 2.05) is 19.1 Å². The first-order valence-electron chi connectivity index (χ1n) is 7.13. The lowest BCUT2D eigenvalue weighted by Crippen LogP contribution is -2.47. The third-order valence-corrected chi connectivity index (χ3v) is 3.66. The van der Waals surface area contributed by atoms with Gasteiger partial charge in [0.1, 0.15) is 11.6 Å². The Labute approximate surface area is 129 Å². The first kappa shape index (κ1) is 14.1. The van der Waals surface area contributed by atoms with Crippen LogP contribution in [0.4, 0.5) is 17.6 Å². The lowest BCUT2D eigenvalue weighted by molar-refractivity contribution is 0.641. The Hall–Kier alpha value is -2.88.